The van der Waals surface area contributed by atoms with E-state index in [0.717, 1.165) is 16.7 Å². The van der Waals surface area contributed by atoms with Crippen molar-refractivity contribution in [1.29, 1.82) is 0 Å². The van der Waals surface area contributed by atoms with E-state index >= 15 is 0 Å². The number of ketones is 1. The molecule has 4 rings (SSSR count). The zero-order valence-electron chi connectivity index (χ0n) is 15.7. The maximum atomic E-state index is 12.7. The highest BCUT2D eigenvalue weighted by molar-refractivity contribution is 6.30. The highest BCUT2D eigenvalue weighted by atomic mass is 35.5. The molecule has 1 aliphatic rings. The minimum Gasteiger partial charge on any atom is -0.488 e. The van der Waals surface area contributed by atoms with Crippen molar-refractivity contribution in [2.75, 3.05) is 0 Å². The number of carbonyl (C=O) groups excluding carboxylic acids is 1. The van der Waals surface area contributed by atoms with Crippen LogP contribution in [0.3, 0.4) is 0 Å². The smallest absolute Gasteiger partial charge is 0.231 e. The number of aryl methyl sites for hydroxylation is 1. The Balaban J connectivity index is 1.56. The topological polar surface area (TPSA) is 35.5 Å². The normalized spacial score (nSPS) is 14.1. The van der Waals surface area contributed by atoms with E-state index in [4.69, 9.17) is 21.1 Å². The molecule has 1 heterocycles. The van der Waals surface area contributed by atoms with Gasteiger partial charge in [-0.3, -0.25) is 4.79 Å². The fourth-order valence-electron chi connectivity index (χ4n) is 3.08. The predicted molar refractivity (Wildman–Crippen MR) is 111 cm³/mol. The van der Waals surface area contributed by atoms with Gasteiger partial charge < -0.3 is 9.47 Å². The molecule has 28 heavy (non-hydrogen) atoms. The average Bonchev–Trinajstić information content (AvgIpc) is 3.01. The summed E-state index contributed by atoms with van der Waals surface area (Å²) in [7, 11) is 0. The van der Waals surface area contributed by atoms with Crippen LogP contribution in [0.25, 0.3) is 6.08 Å². The van der Waals surface area contributed by atoms with Crippen molar-refractivity contribution in [3.05, 3.63) is 99.3 Å². The summed E-state index contributed by atoms with van der Waals surface area (Å²) in [5, 5.41) is 0.692. The number of ether oxygens (including phenoxy) is 2. The fourth-order valence-corrected chi connectivity index (χ4v) is 3.21. The SMILES string of the molecule is Cc1ccc(/C=C2\Oc3c(ccc(OCc4ccc(Cl)cc4)c3C)C2=O)cc1. The number of hydrogen-bond donors (Lipinski definition) is 0. The predicted octanol–water partition coefficient (Wildman–Crippen LogP) is 6.15. The Morgan fingerprint density at radius 1 is 0.964 bits per heavy atom. The maximum Gasteiger partial charge on any atom is 0.231 e. The number of fused-ring (bicyclic) bond motifs is 1. The minimum absolute atomic E-state index is 0.108. The first-order chi connectivity index (χ1) is 13.5. The largest absolute Gasteiger partial charge is 0.488 e. The summed E-state index contributed by atoms with van der Waals surface area (Å²) in [5.74, 6) is 1.48. The molecule has 140 valence electrons. The van der Waals surface area contributed by atoms with E-state index in [9.17, 15) is 4.79 Å². The molecule has 3 nitrogen and oxygen atoms in total. The number of Topliss-reactive ketones (excluding diaryl/α,β-unsaturated/α-hetero) is 1. The van der Waals surface area contributed by atoms with Gasteiger partial charge in [-0.25, -0.2) is 0 Å². The van der Waals surface area contributed by atoms with Gasteiger partial charge in [-0.05, 0) is 55.3 Å². The van der Waals surface area contributed by atoms with Crippen LogP contribution in [0, 0.1) is 13.8 Å². The number of carbonyl (C=O) groups is 1. The van der Waals surface area contributed by atoms with Crippen LogP contribution in [-0.4, -0.2) is 5.78 Å². The van der Waals surface area contributed by atoms with Crippen molar-refractivity contribution in [3.63, 3.8) is 0 Å². The Hall–Kier alpha value is -3.04. The molecule has 0 radical (unpaired) electrons. The fraction of sp³-hybridized carbons (Fsp3) is 0.125. The molecule has 0 saturated heterocycles. The van der Waals surface area contributed by atoms with E-state index in [1.54, 1.807) is 12.1 Å². The second-order valence-corrected chi connectivity index (χ2v) is 7.27. The second kappa shape index (κ2) is 7.53. The molecule has 4 heteroatoms. The maximum absolute atomic E-state index is 12.7. The lowest BCUT2D eigenvalue weighted by Gasteiger charge is -2.11. The minimum atomic E-state index is -0.108. The summed E-state index contributed by atoms with van der Waals surface area (Å²) >= 11 is 5.92. The van der Waals surface area contributed by atoms with E-state index in [2.05, 4.69) is 0 Å². The van der Waals surface area contributed by atoms with Crippen LogP contribution in [0.4, 0.5) is 0 Å². The Kier molecular flexibility index (Phi) is 4.93. The van der Waals surface area contributed by atoms with Gasteiger partial charge in [0, 0.05) is 10.6 Å². The first-order valence-electron chi connectivity index (χ1n) is 9.03. The van der Waals surface area contributed by atoms with Crippen molar-refractivity contribution in [2.24, 2.45) is 0 Å². The monoisotopic (exact) mass is 390 g/mol. The molecule has 0 bridgehead atoms. The third kappa shape index (κ3) is 3.67. The zero-order valence-corrected chi connectivity index (χ0v) is 16.4. The molecule has 0 N–H and O–H groups in total. The number of allylic oxidation sites excluding steroid dienone is 1. The third-order valence-corrected chi connectivity index (χ3v) is 4.97. The van der Waals surface area contributed by atoms with Gasteiger partial charge in [-0.15, -0.1) is 0 Å². The van der Waals surface area contributed by atoms with Crippen LogP contribution in [0.1, 0.15) is 32.6 Å². The first kappa shape index (κ1) is 18.3. The molecule has 0 amide bonds. The van der Waals surface area contributed by atoms with E-state index < -0.39 is 0 Å². The quantitative estimate of drug-likeness (QED) is 0.501. The van der Waals surface area contributed by atoms with Gasteiger partial charge in [0.1, 0.15) is 18.1 Å². The molecule has 0 saturated carbocycles. The van der Waals surface area contributed by atoms with Crippen molar-refractivity contribution in [2.45, 2.75) is 20.5 Å². The molecule has 1 aliphatic heterocycles. The highest BCUT2D eigenvalue weighted by Gasteiger charge is 2.30. The second-order valence-electron chi connectivity index (χ2n) is 6.83. The number of halogens is 1. The van der Waals surface area contributed by atoms with Crippen molar-refractivity contribution in [1.82, 2.24) is 0 Å². The summed E-state index contributed by atoms with van der Waals surface area (Å²) in [6, 6.07) is 19.0. The molecule has 0 aromatic heterocycles. The zero-order chi connectivity index (χ0) is 19.7. The van der Waals surface area contributed by atoms with E-state index in [1.807, 2.05) is 68.4 Å². The Labute approximate surface area is 169 Å². The Bertz CT molecular complexity index is 1060. The summed E-state index contributed by atoms with van der Waals surface area (Å²) < 4.78 is 11.8. The third-order valence-electron chi connectivity index (χ3n) is 4.72. The highest BCUT2D eigenvalue weighted by Crippen LogP contribution is 2.39. The van der Waals surface area contributed by atoms with Crippen LogP contribution in [0.5, 0.6) is 11.5 Å². The van der Waals surface area contributed by atoms with Crippen LogP contribution in [0.2, 0.25) is 5.02 Å². The van der Waals surface area contributed by atoms with Crippen LogP contribution >= 0.6 is 11.6 Å². The van der Waals surface area contributed by atoms with Crippen LogP contribution in [-0.2, 0) is 6.61 Å². The molecular weight excluding hydrogens is 372 g/mol. The van der Waals surface area contributed by atoms with Crippen molar-refractivity contribution < 1.29 is 14.3 Å². The van der Waals surface area contributed by atoms with Gasteiger partial charge in [0.15, 0.2) is 5.76 Å². The van der Waals surface area contributed by atoms with E-state index in [-0.39, 0.29) is 5.78 Å². The van der Waals surface area contributed by atoms with Crippen molar-refractivity contribution in [3.8, 4) is 11.5 Å². The van der Waals surface area contributed by atoms with Crippen LogP contribution in [0.15, 0.2) is 66.4 Å². The molecule has 0 fully saturated rings. The summed E-state index contributed by atoms with van der Waals surface area (Å²) in [4.78, 5) is 12.7. The van der Waals surface area contributed by atoms with Gasteiger partial charge in [-0.1, -0.05) is 53.6 Å². The number of rotatable bonds is 4. The molecule has 3 aromatic rings. The lowest BCUT2D eigenvalue weighted by Crippen LogP contribution is -1.98. The summed E-state index contributed by atoms with van der Waals surface area (Å²) in [5.41, 5.74) is 4.49. The summed E-state index contributed by atoms with van der Waals surface area (Å²) in [6.07, 6.45) is 1.77. The molecule has 0 spiro atoms. The standard InChI is InChI=1S/C24H19ClO3/c1-15-3-5-17(6-4-15)13-22-23(26)20-11-12-21(16(2)24(20)28-22)27-14-18-7-9-19(25)10-8-18/h3-13H,14H2,1-2H3/b22-13-. The van der Waals surface area contributed by atoms with Crippen LogP contribution < -0.4 is 9.47 Å². The van der Waals surface area contributed by atoms with E-state index in [0.29, 0.717) is 34.5 Å². The van der Waals surface area contributed by atoms with Gasteiger partial charge in [0.05, 0.1) is 5.56 Å². The summed E-state index contributed by atoms with van der Waals surface area (Å²) in [6.45, 7) is 4.34. The van der Waals surface area contributed by atoms with Gasteiger partial charge in [-0.2, -0.15) is 0 Å². The van der Waals surface area contributed by atoms with Gasteiger partial charge >= 0.3 is 0 Å². The average molecular weight is 391 g/mol. The Morgan fingerprint density at radius 3 is 2.39 bits per heavy atom. The Morgan fingerprint density at radius 2 is 1.68 bits per heavy atom. The lowest BCUT2D eigenvalue weighted by atomic mass is 10.1. The number of hydrogen-bond acceptors (Lipinski definition) is 3. The van der Waals surface area contributed by atoms with Gasteiger partial charge in [0.2, 0.25) is 5.78 Å². The molecule has 0 unspecified atom stereocenters. The molecule has 0 aliphatic carbocycles. The molecule has 3 aromatic carbocycles. The van der Waals surface area contributed by atoms with Crippen molar-refractivity contribution >= 4 is 23.5 Å². The number of benzene rings is 3. The lowest BCUT2D eigenvalue weighted by molar-refractivity contribution is 0.101. The van der Waals surface area contributed by atoms with E-state index in [1.165, 1.54) is 5.56 Å². The molecular formula is C24H19ClO3. The molecule has 0 atom stereocenters. The first-order valence-corrected chi connectivity index (χ1v) is 9.41. The van der Waals surface area contributed by atoms with Gasteiger partial charge in [0.25, 0.3) is 0 Å².